The molecule has 5 heteroatoms. The maximum Gasteiger partial charge on any atom is 0.122 e. The summed E-state index contributed by atoms with van der Waals surface area (Å²) >= 11 is 0. The van der Waals surface area contributed by atoms with Crippen LogP contribution in [0.4, 0.5) is 0 Å². The van der Waals surface area contributed by atoms with E-state index in [1.54, 1.807) is 4.68 Å². The predicted molar refractivity (Wildman–Crippen MR) is 80.2 cm³/mol. The third-order valence-electron chi connectivity index (χ3n) is 3.33. The number of benzene rings is 2. The van der Waals surface area contributed by atoms with Crippen LogP contribution in [0.3, 0.4) is 0 Å². The lowest BCUT2D eigenvalue weighted by Crippen LogP contribution is -2.24. The molecule has 5 nitrogen and oxygen atoms in total. The first kappa shape index (κ1) is 13.6. The first-order chi connectivity index (χ1) is 10.2. The van der Waals surface area contributed by atoms with Crippen LogP contribution in [0, 0.1) is 6.92 Å². The molecule has 1 aromatic heterocycles. The molecule has 108 valence electrons. The molecule has 1 atom stereocenters. The summed E-state index contributed by atoms with van der Waals surface area (Å²) in [5.74, 6) is 0.792. The predicted octanol–water partition coefficient (Wildman–Crippen LogP) is 2.18. The van der Waals surface area contributed by atoms with Crippen LogP contribution in [0.5, 0.6) is 5.75 Å². The van der Waals surface area contributed by atoms with E-state index in [9.17, 15) is 5.11 Å². The van der Waals surface area contributed by atoms with E-state index in [0.29, 0.717) is 6.54 Å². The molecular formula is C16H17N3O2. The Morgan fingerprint density at radius 3 is 2.76 bits per heavy atom. The fraction of sp³-hybridized carbons (Fsp3) is 0.250. The van der Waals surface area contributed by atoms with E-state index in [2.05, 4.69) is 10.3 Å². The van der Waals surface area contributed by atoms with E-state index in [1.807, 2.05) is 55.5 Å². The number of nitrogens with zero attached hydrogens (tertiary/aromatic N) is 3. The van der Waals surface area contributed by atoms with Gasteiger partial charge in [0.1, 0.15) is 24.0 Å². The van der Waals surface area contributed by atoms with Gasteiger partial charge in [-0.3, -0.25) is 0 Å². The van der Waals surface area contributed by atoms with Crippen molar-refractivity contribution in [1.29, 1.82) is 0 Å². The number of ether oxygens (including phenoxy) is 1. The van der Waals surface area contributed by atoms with Crippen LogP contribution in [-0.4, -0.2) is 32.8 Å². The van der Waals surface area contributed by atoms with Crippen molar-refractivity contribution in [2.75, 3.05) is 6.61 Å². The molecule has 0 aliphatic carbocycles. The van der Waals surface area contributed by atoms with Crippen molar-refractivity contribution in [3.63, 3.8) is 0 Å². The average Bonchev–Trinajstić information content (AvgIpc) is 2.90. The van der Waals surface area contributed by atoms with E-state index >= 15 is 0 Å². The standard InChI is InChI=1S/C16H17N3O2/c1-12-6-2-5-9-16(12)21-11-13(20)10-19-15-8-4-3-7-14(15)17-18-19/h2-9,13,20H,10-11H2,1H3/t13-/m0/s1. The van der Waals surface area contributed by atoms with Crippen LogP contribution < -0.4 is 4.74 Å². The van der Waals surface area contributed by atoms with Gasteiger partial charge in [-0.1, -0.05) is 35.5 Å². The van der Waals surface area contributed by atoms with Gasteiger partial charge < -0.3 is 9.84 Å². The zero-order valence-electron chi connectivity index (χ0n) is 11.8. The molecule has 3 rings (SSSR count). The van der Waals surface area contributed by atoms with Crippen molar-refractivity contribution >= 4 is 11.0 Å². The highest BCUT2D eigenvalue weighted by Crippen LogP contribution is 2.16. The molecular weight excluding hydrogens is 266 g/mol. The Balaban J connectivity index is 1.64. The summed E-state index contributed by atoms with van der Waals surface area (Å²) < 4.78 is 7.34. The van der Waals surface area contributed by atoms with E-state index in [4.69, 9.17) is 4.74 Å². The van der Waals surface area contributed by atoms with Crippen molar-refractivity contribution in [1.82, 2.24) is 15.0 Å². The molecule has 1 heterocycles. The normalized spacial score (nSPS) is 12.5. The topological polar surface area (TPSA) is 60.2 Å². The highest BCUT2D eigenvalue weighted by molar-refractivity contribution is 5.73. The molecule has 1 N–H and O–H groups in total. The molecule has 0 radical (unpaired) electrons. The maximum absolute atomic E-state index is 10.1. The van der Waals surface area contributed by atoms with Gasteiger partial charge in [0, 0.05) is 0 Å². The molecule has 0 saturated carbocycles. The minimum Gasteiger partial charge on any atom is -0.491 e. The quantitative estimate of drug-likeness (QED) is 0.779. The van der Waals surface area contributed by atoms with Gasteiger partial charge in [0.15, 0.2) is 0 Å². The summed E-state index contributed by atoms with van der Waals surface area (Å²) in [6.07, 6.45) is -0.644. The molecule has 0 saturated heterocycles. The largest absolute Gasteiger partial charge is 0.491 e. The number of fused-ring (bicyclic) bond motifs is 1. The molecule has 0 bridgehead atoms. The molecule has 3 aromatic rings. The number of aromatic nitrogens is 3. The summed E-state index contributed by atoms with van der Waals surface area (Å²) in [6, 6.07) is 15.4. The van der Waals surface area contributed by atoms with Gasteiger partial charge in [-0.2, -0.15) is 0 Å². The highest BCUT2D eigenvalue weighted by atomic mass is 16.5. The van der Waals surface area contributed by atoms with Crippen LogP contribution >= 0.6 is 0 Å². The lowest BCUT2D eigenvalue weighted by molar-refractivity contribution is 0.0896. The second-order valence-electron chi connectivity index (χ2n) is 4.99. The average molecular weight is 283 g/mol. The van der Waals surface area contributed by atoms with Gasteiger partial charge >= 0.3 is 0 Å². The smallest absolute Gasteiger partial charge is 0.122 e. The van der Waals surface area contributed by atoms with Gasteiger partial charge in [0.2, 0.25) is 0 Å². The van der Waals surface area contributed by atoms with E-state index in [0.717, 1.165) is 22.3 Å². The fourth-order valence-corrected chi connectivity index (χ4v) is 2.21. The van der Waals surface area contributed by atoms with E-state index < -0.39 is 6.10 Å². The minimum atomic E-state index is -0.644. The van der Waals surface area contributed by atoms with Crippen LogP contribution in [-0.2, 0) is 6.54 Å². The Kier molecular flexibility index (Phi) is 3.83. The van der Waals surface area contributed by atoms with Crippen LogP contribution in [0.1, 0.15) is 5.56 Å². The van der Waals surface area contributed by atoms with Gasteiger partial charge in [-0.15, -0.1) is 5.10 Å². The monoisotopic (exact) mass is 283 g/mol. The lowest BCUT2D eigenvalue weighted by Gasteiger charge is -2.13. The second kappa shape index (κ2) is 5.93. The van der Waals surface area contributed by atoms with Gasteiger partial charge in [0.25, 0.3) is 0 Å². The number of hydrogen-bond donors (Lipinski definition) is 1. The van der Waals surface area contributed by atoms with Gasteiger partial charge in [0.05, 0.1) is 12.1 Å². The van der Waals surface area contributed by atoms with Crippen molar-refractivity contribution < 1.29 is 9.84 Å². The molecule has 0 unspecified atom stereocenters. The summed E-state index contributed by atoms with van der Waals surface area (Å²) in [5.41, 5.74) is 2.79. The Morgan fingerprint density at radius 2 is 1.90 bits per heavy atom. The van der Waals surface area contributed by atoms with Gasteiger partial charge in [-0.05, 0) is 30.7 Å². The Hall–Kier alpha value is -2.40. The molecule has 0 spiro atoms. The SMILES string of the molecule is Cc1ccccc1OC[C@@H](O)Cn1nnc2ccccc21. The lowest BCUT2D eigenvalue weighted by atomic mass is 10.2. The van der Waals surface area contributed by atoms with Crippen molar-refractivity contribution in [3.8, 4) is 5.75 Å². The maximum atomic E-state index is 10.1. The number of hydrogen-bond acceptors (Lipinski definition) is 4. The van der Waals surface area contributed by atoms with Crippen molar-refractivity contribution in [2.45, 2.75) is 19.6 Å². The molecule has 0 amide bonds. The number of rotatable bonds is 5. The van der Waals surface area contributed by atoms with E-state index in [-0.39, 0.29) is 6.61 Å². The second-order valence-corrected chi connectivity index (χ2v) is 4.99. The summed E-state index contributed by atoms with van der Waals surface area (Å²) in [4.78, 5) is 0. The number of para-hydroxylation sites is 2. The molecule has 2 aromatic carbocycles. The highest BCUT2D eigenvalue weighted by Gasteiger charge is 2.11. The molecule has 21 heavy (non-hydrogen) atoms. The zero-order chi connectivity index (χ0) is 14.7. The number of aryl methyl sites for hydroxylation is 1. The van der Waals surface area contributed by atoms with E-state index in [1.165, 1.54) is 0 Å². The third kappa shape index (κ3) is 3.03. The first-order valence-electron chi connectivity index (χ1n) is 6.89. The summed E-state index contributed by atoms with van der Waals surface area (Å²) in [7, 11) is 0. The zero-order valence-corrected chi connectivity index (χ0v) is 11.8. The Bertz CT molecular complexity index is 739. The summed E-state index contributed by atoms with van der Waals surface area (Å²) in [5, 5.41) is 18.2. The van der Waals surface area contributed by atoms with Crippen LogP contribution in [0.2, 0.25) is 0 Å². The first-order valence-corrected chi connectivity index (χ1v) is 6.89. The third-order valence-corrected chi connectivity index (χ3v) is 3.33. The molecule has 0 aliphatic heterocycles. The minimum absolute atomic E-state index is 0.221. The number of aliphatic hydroxyl groups is 1. The number of aliphatic hydroxyl groups excluding tert-OH is 1. The van der Waals surface area contributed by atoms with Crippen LogP contribution in [0.25, 0.3) is 11.0 Å². The Labute approximate surface area is 122 Å². The molecule has 0 aliphatic rings. The fourth-order valence-electron chi connectivity index (χ4n) is 2.21. The van der Waals surface area contributed by atoms with Crippen LogP contribution in [0.15, 0.2) is 48.5 Å². The van der Waals surface area contributed by atoms with Gasteiger partial charge in [-0.25, -0.2) is 4.68 Å². The molecule has 0 fully saturated rings. The Morgan fingerprint density at radius 1 is 1.14 bits per heavy atom. The van der Waals surface area contributed by atoms with Crippen molar-refractivity contribution in [3.05, 3.63) is 54.1 Å². The summed E-state index contributed by atoms with van der Waals surface area (Å²) in [6.45, 7) is 2.55. The van der Waals surface area contributed by atoms with Crippen molar-refractivity contribution in [2.24, 2.45) is 0 Å².